The molecule has 0 radical (unpaired) electrons. The molecule has 3 heterocycles. The maximum Gasteiger partial charge on any atom is 0.337 e. The molecule has 0 saturated carbocycles. The standard InChI is InChI=1S/C35H41NO14/c1-4-19-21(22(33(45)47-3)16-48-34(19)50-35-32(44)31(43)30(42)28(15-37)49-35)13-23-20-14-25(39)24(38)12-18(20)9-10-36(23)29(41)8-6-17-5-7-27(46-2)26(40)11-17/h4-8,11-12,14,16,19,21,23,28,30-32,34-35,37-40,42-44H,1,9-10,13,15H2,2-3H3. The van der Waals surface area contributed by atoms with Crippen molar-refractivity contribution < 1.29 is 69.0 Å². The smallest absolute Gasteiger partial charge is 0.337 e. The number of rotatable bonds is 10. The minimum Gasteiger partial charge on any atom is -0.504 e. The maximum absolute atomic E-state index is 13.9. The average Bonchev–Trinajstić information content (AvgIpc) is 3.11. The zero-order chi connectivity index (χ0) is 36.3. The fourth-order valence-corrected chi connectivity index (χ4v) is 6.59. The molecule has 7 N–H and O–H groups in total. The van der Waals surface area contributed by atoms with E-state index in [1.54, 1.807) is 17.0 Å². The van der Waals surface area contributed by atoms with Gasteiger partial charge in [-0.15, -0.1) is 6.58 Å². The Morgan fingerprint density at radius 3 is 2.40 bits per heavy atom. The summed E-state index contributed by atoms with van der Waals surface area (Å²) in [6, 6.07) is 6.65. The molecule has 270 valence electrons. The van der Waals surface area contributed by atoms with Gasteiger partial charge in [-0.05, 0) is 59.9 Å². The predicted octanol–water partition coefficient (Wildman–Crippen LogP) is 0.989. The lowest BCUT2D eigenvalue weighted by molar-refractivity contribution is -0.339. The van der Waals surface area contributed by atoms with Gasteiger partial charge in [0, 0.05) is 24.5 Å². The maximum atomic E-state index is 13.9. The van der Waals surface area contributed by atoms with E-state index in [1.807, 2.05) is 0 Å². The summed E-state index contributed by atoms with van der Waals surface area (Å²) < 4.78 is 27.3. The van der Waals surface area contributed by atoms with E-state index in [1.165, 1.54) is 50.6 Å². The first-order valence-corrected chi connectivity index (χ1v) is 15.8. The number of fused-ring (bicyclic) bond motifs is 1. The summed E-state index contributed by atoms with van der Waals surface area (Å²) in [6.07, 6.45) is -3.38. The molecule has 9 atom stereocenters. The molecule has 0 aliphatic carbocycles. The molecule has 3 aliphatic rings. The molecule has 0 aromatic heterocycles. The number of ether oxygens (including phenoxy) is 5. The summed E-state index contributed by atoms with van der Waals surface area (Å²) in [5.74, 6) is -3.45. The van der Waals surface area contributed by atoms with Crippen LogP contribution < -0.4 is 4.74 Å². The van der Waals surface area contributed by atoms with Gasteiger partial charge in [0.1, 0.15) is 24.4 Å². The van der Waals surface area contributed by atoms with E-state index >= 15 is 0 Å². The van der Waals surface area contributed by atoms with E-state index in [0.717, 1.165) is 6.26 Å². The van der Waals surface area contributed by atoms with Crippen molar-refractivity contribution in [1.82, 2.24) is 4.90 Å². The minimum atomic E-state index is -1.74. The zero-order valence-electron chi connectivity index (χ0n) is 27.4. The number of benzene rings is 2. The fraction of sp³-hybridized carbons (Fsp3) is 0.429. The molecule has 15 heteroatoms. The first-order chi connectivity index (χ1) is 23.9. The second-order valence-corrected chi connectivity index (χ2v) is 12.2. The highest BCUT2D eigenvalue weighted by Gasteiger charge is 2.48. The van der Waals surface area contributed by atoms with Crippen molar-refractivity contribution >= 4 is 18.0 Å². The van der Waals surface area contributed by atoms with Crippen LogP contribution in [0.3, 0.4) is 0 Å². The highest BCUT2D eigenvalue weighted by atomic mass is 16.8. The molecule has 0 spiro atoms. The number of hydrogen-bond donors (Lipinski definition) is 7. The molecule has 0 bridgehead atoms. The van der Waals surface area contributed by atoms with Gasteiger partial charge < -0.3 is 64.3 Å². The SMILES string of the molecule is C=CC1C(OC2OC(CO)C(O)C(O)C2O)OC=C(C(=O)OC)C1CC1c2cc(O)c(O)cc2CCN1C(=O)C=Cc1ccc(OC)c(O)c1. The summed E-state index contributed by atoms with van der Waals surface area (Å²) in [4.78, 5) is 28.5. The number of methoxy groups -OCH3 is 2. The van der Waals surface area contributed by atoms with Gasteiger partial charge in [0.15, 0.2) is 29.3 Å². The number of aliphatic hydroxyl groups excluding tert-OH is 4. The van der Waals surface area contributed by atoms with E-state index in [2.05, 4.69) is 6.58 Å². The van der Waals surface area contributed by atoms with Crippen molar-refractivity contribution in [1.29, 1.82) is 0 Å². The molecule has 1 saturated heterocycles. The van der Waals surface area contributed by atoms with E-state index in [0.29, 0.717) is 23.1 Å². The van der Waals surface area contributed by atoms with Crippen LogP contribution in [-0.4, -0.2) is 117 Å². The van der Waals surface area contributed by atoms with Crippen LogP contribution in [0.15, 0.2) is 60.9 Å². The number of aliphatic hydroxyl groups is 4. The van der Waals surface area contributed by atoms with E-state index in [9.17, 15) is 45.3 Å². The monoisotopic (exact) mass is 699 g/mol. The Morgan fingerprint density at radius 2 is 1.74 bits per heavy atom. The molecule has 3 aliphatic heterocycles. The van der Waals surface area contributed by atoms with Gasteiger partial charge >= 0.3 is 5.97 Å². The van der Waals surface area contributed by atoms with Gasteiger partial charge in [0.25, 0.3) is 0 Å². The second-order valence-electron chi connectivity index (χ2n) is 12.2. The van der Waals surface area contributed by atoms with E-state index in [-0.39, 0.29) is 35.8 Å². The Labute approximate surface area is 287 Å². The van der Waals surface area contributed by atoms with E-state index in [4.69, 9.17) is 23.7 Å². The van der Waals surface area contributed by atoms with Crippen molar-refractivity contribution in [3.05, 3.63) is 77.6 Å². The van der Waals surface area contributed by atoms with Gasteiger partial charge in [-0.1, -0.05) is 12.1 Å². The summed E-state index contributed by atoms with van der Waals surface area (Å²) in [7, 11) is 2.60. The Hall–Kier alpha value is -4.64. The van der Waals surface area contributed by atoms with Gasteiger partial charge in [0.2, 0.25) is 12.2 Å². The second kappa shape index (κ2) is 15.5. The molecule has 5 rings (SSSR count). The Kier molecular flexibility index (Phi) is 11.4. The van der Waals surface area contributed by atoms with Crippen LogP contribution in [0.25, 0.3) is 6.08 Å². The zero-order valence-corrected chi connectivity index (χ0v) is 27.4. The van der Waals surface area contributed by atoms with Crippen molar-refractivity contribution in [2.24, 2.45) is 11.8 Å². The van der Waals surface area contributed by atoms with Gasteiger partial charge in [-0.2, -0.15) is 0 Å². The van der Waals surface area contributed by atoms with Crippen LogP contribution in [0, 0.1) is 11.8 Å². The number of phenols is 3. The predicted molar refractivity (Wildman–Crippen MR) is 173 cm³/mol. The van der Waals surface area contributed by atoms with Crippen LogP contribution >= 0.6 is 0 Å². The minimum absolute atomic E-state index is 0.0235. The molecule has 15 nitrogen and oxygen atoms in total. The molecule has 2 aromatic carbocycles. The van der Waals surface area contributed by atoms with Crippen molar-refractivity contribution in [2.45, 2.75) is 55.9 Å². The molecular formula is C35H41NO14. The molecule has 9 unspecified atom stereocenters. The summed E-state index contributed by atoms with van der Waals surface area (Å²) in [5, 5.41) is 71.7. The molecular weight excluding hydrogens is 658 g/mol. The number of nitrogens with zero attached hydrogens (tertiary/aromatic N) is 1. The summed E-state index contributed by atoms with van der Waals surface area (Å²) >= 11 is 0. The number of aromatic hydroxyl groups is 3. The van der Waals surface area contributed by atoms with Crippen LogP contribution in [0.2, 0.25) is 0 Å². The summed E-state index contributed by atoms with van der Waals surface area (Å²) in [6.45, 7) is 3.42. The Bertz CT molecular complexity index is 1640. The van der Waals surface area contributed by atoms with Crippen LogP contribution in [0.5, 0.6) is 23.0 Å². The fourth-order valence-electron chi connectivity index (χ4n) is 6.59. The number of esters is 1. The largest absolute Gasteiger partial charge is 0.504 e. The highest BCUT2D eigenvalue weighted by Crippen LogP contribution is 2.45. The molecule has 2 aromatic rings. The molecule has 1 fully saturated rings. The van der Waals surface area contributed by atoms with Crippen molar-refractivity contribution in [2.75, 3.05) is 27.4 Å². The number of phenolic OH excluding ortho intramolecular Hbond substituents is 3. The molecule has 1 amide bonds. The number of amides is 1. The van der Waals surface area contributed by atoms with Crippen molar-refractivity contribution in [3.63, 3.8) is 0 Å². The van der Waals surface area contributed by atoms with Gasteiger partial charge in [-0.3, -0.25) is 4.79 Å². The highest BCUT2D eigenvalue weighted by molar-refractivity contribution is 5.92. The summed E-state index contributed by atoms with van der Waals surface area (Å²) in [5.41, 5.74) is 1.77. The lowest BCUT2D eigenvalue weighted by atomic mass is 9.76. The number of carbonyl (C=O) groups is 2. The Morgan fingerprint density at radius 1 is 1.00 bits per heavy atom. The lowest BCUT2D eigenvalue weighted by Gasteiger charge is -2.44. The van der Waals surface area contributed by atoms with Crippen LogP contribution in [-0.2, 0) is 35.0 Å². The normalized spacial score (nSPS) is 29.4. The topological polar surface area (TPSA) is 225 Å². The Balaban J connectivity index is 1.49. The van der Waals surface area contributed by atoms with Gasteiger partial charge in [-0.25, -0.2) is 4.79 Å². The van der Waals surface area contributed by atoms with Crippen LogP contribution in [0.1, 0.15) is 29.2 Å². The number of hydrogen-bond acceptors (Lipinski definition) is 14. The van der Waals surface area contributed by atoms with Crippen LogP contribution in [0.4, 0.5) is 0 Å². The number of carbonyl (C=O) groups excluding carboxylic acids is 2. The lowest BCUT2D eigenvalue weighted by Crippen LogP contribution is -2.60. The van der Waals surface area contributed by atoms with Crippen molar-refractivity contribution in [3.8, 4) is 23.0 Å². The third kappa shape index (κ3) is 7.28. The third-order valence-corrected chi connectivity index (χ3v) is 9.29. The molecule has 50 heavy (non-hydrogen) atoms. The first-order valence-electron chi connectivity index (χ1n) is 15.8. The first kappa shape index (κ1) is 36.6. The average molecular weight is 700 g/mol. The quantitative estimate of drug-likeness (QED) is 0.0795. The van der Waals surface area contributed by atoms with E-state index < -0.39 is 79.1 Å². The third-order valence-electron chi connectivity index (χ3n) is 9.29. The van der Waals surface area contributed by atoms with Gasteiger partial charge in [0.05, 0.1) is 38.7 Å².